The largest absolute Gasteiger partial charge is 0.492 e. The van der Waals surface area contributed by atoms with Crippen LogP contribution >= 0.6 is 0 Å². The highest BCUT2D eigenvalue weighted by Gasteiger charge is 2.13. The van der Waals surface area contributed by atoms with Crippen molar-refractivity contribution in [3.63, 3.8) is 0 Å². The molecule has 0 aliphatic carbocycles. The maximum atomic E-state index is 6.08. The van der Waals surface area contributed by atoms with Crippen molar-refractivity contribution in [2.24, 2.45) is 0 Å². The summed E-state index contributed by atoms with van der Waals surface area (Å²) in [6, 6.07) is 30.3. The molecular weight excluding hydrogens is 390 g/mol. The van der Waals surface area contributed by atoms with Crippen molar-refractivity contribution < 1.29 is 4.74 Å². The van der Waals surface area contributed by atoms with Gasteiger partial charge in [-0.2, -0.15) is 0 Å². The van der Waals surface area contributed by atoms with Gasteiger partial charge in [-0.1, -0.05) is 86.1 Å². The lowest BCUT2D eigenvalue weighted by Crippen LogP contribution is -2.33. The first-order valence-corrected chi connectivity index (χ1v) is 12.1. The van der Waals surface area contributed by atoms with Crippen molar-refractivity contribution in [1.82, 2.24) is 4.90 Å². The molecule has 0 saturated carbocycles. The van der Waals surface area contributed by atoms with Crippen LogP contribution in [0, 0.1) is 0 Å². The van der Waals surface area contributed by atoms with Crippen LogP contribution in [0.3, 0.4) is 0 Å². The van der Waals surface area contributed by atoms with E-state index in [-0.39, 0.29) is 0 Å². The van der Waals surface area contributed by atoms with Gasteiger partial charge in [0.05, 0.1) is 0 Å². The second-order valence-electron chi connectivity index (χ2n) is 8.61. The second-order valence-corrected chi connectivity index (χ2v) is 8.61. The molecule has 1 aliphatic rings. The summed E-state index contributed by atoms with van der Waals surface area (Å²) in [6.45, 7) is 6.47. The maximum Gasteiger partial charge on any atom is 0.119 e. The van der Waals surface area contributed by atoms with Crippen molar-refractivity contribution in [2.45, 2.75) is 39.0 Å². The van der Waals surface area contributed by atoms with Crippen LogP contribution in [0.15, 0.2) is 84.9 Å². The Labute approximate surface area is 193 Å². The first-order chi connectivity index (χ1) is 15.8. The Morgan fingerprint density at radius 3 is 2.00 bits per heavy atom. The molecule has 0 aromatic heterocycles. The Balaban J connectivity index is 1.53. The van der Waals surface area contributed by atoms with Gasteiger partial charge in [0.2, 0.25) is 0 Å². The number of benzene rings is 3. The summed E-state index contributed by atoms with van der Waals surface area (Å²) in [7, 11) is 0. The number of ether oxygens (including phenoxy) is 1. The minimum Gasteiger partial charge on any atom is -0.492 e. The van der Waals surface area contributed by atoms with E-state index in [0.717, 1.165) is 31.7 Å². The van der Waals surface area contributed by atoms with Crippen LogP contribution < -0.4 is 4.74 Å². The molecule has 1 saturated heterocycles. The topological polar surface area (TPSA) is 12.5 Å². The molecule has 0 N–H and O–H groups in total. The van der Waals surface area contributed by atoms with Gasteiger partial charge in [0, 0.05) is 6.54 Å². The third kappa shape index (κ3) is 6.11. The van der Waals surface area contributed by atoms with Gasteiger partial charge in [0.25, 0.3) is 0 Å². The van der Waals surface area contributed by atoms with E-state index in [0.29, 0.717) is 0 Å². The van der Waals surface area contributed by atoms with Crippen molar-refractivity contribution in [3.05, 3.63) is 102 Å². The Bertz CT molecular complexity index is 970. The molecular formula is C30H35NO. The average Bonchev–Trinajstić information content (AvgIpc) is 2.86. The number of allylic oxidation sites excluding steroid dienone is 2. The van der Waals surface area contributed by atoms with E-state index >= 15 is 0 Å². The molecule has 32 heavy (non-hydrogen) atoms. The van der Waals surface area contributed by atoms with Crippen LogP contribution in [0.25, 0.3) is 11.1 Å². The van der Waals surface area contributed by atoms with Gasteiger partial charge in [0.15, 0.2) is 0 Å². The van der Waals surface area contributed by atoms with Crippen molar-refractivity contribution >= 4 is 11.1 Å². The highest BCUT2D eigenvalue weighted by molar-refractivity contribution is 5.91. The summed E-state index contributed by atoms with van der Waals surface area (Å²) >= 11 is 0. The first-order valence-electron chi connectivity index (χ1n) is 12.1. The van der Waals surface area contributed by atoms with E-state index in [1.807, 2.05) is 0 Å². The number of nitrogens with zero attached hydrogens (tertiary/aromatic N) is 1. The van der Waals surface area contributed by atoms with E-state index in [1.54, 1.807) is 0 Å². The third-order valence-electron chi connectivity index (χ3n) is 6.39. The minimum absolute atomic E-state index is 0.760. The fraction of sp³-hybridized carbons (Fsp3) is 0.333. The van der Waals surface area contributed by atoms with E-state index in [2.05, 4.69) is 96.8 Å². The third-order valence-corrected chi connectivity index (χ3v) is 6.39. The van der Waals surface area contributed by atoms with Crippen LogP contribution in [-0.2, 0) is 6.42 Å². The number of likely N-dealkylation sites (tertiary alicyclic amines) is 1. The number of rotatable bonds is 9. The standard InChI is InChI=1S/C30H35NO/c1-2-29(26-14-8-4-9-15-26)30(24-25-12-6-3-7-13-25)27-16-18-28(19-17-27)32-23-22-31-20-10-5-11-21-31/h3-4,6-9,12-19H,2,5,10-11,20-24H2,1H3. The molecule has 0 radical (unpaired) electrons. The molecule has 3 aromatic rings. The molecule has 0 atom stereocenters. The van der Waals surface area contributed by atoms with Crippen molar-refractivity contribution in [2.75, 3.05) is 26.2 Å². The summed E-state index contributed by atoms with van der Waals surface area (Å²) in [5.41, 5.74) is 6.73. The quantitative estimate of drug-likeness (QED) is 0.339. The zero-order chi connectivity index (χ0) is 22.0. The summed E-state index contributed by atoms with van der Waals surface area (Å²) < 4.78 is 6.08. The second kappa shape index (κ2) is 11.7. The van der Waals surface area contributed by atoms with Gasteiger partial charge in [-0.25, -0.2) is 0 Å². The van der Waals surface area contributed by atoms with Gasteiger partial charge >= 0.3 is 0 Å². The average molecular weight is 426 g/mol. The lowest BCUT2D eigenvalue weighted by atomic mass is 9.89. The molecule has 2 nitrogen and oxygen atoms in total. The molecule has 1 fully saturated rings. The zero-order valence-electron chi connectivity index (χ0n) is 19.3. The Kier molecular flexibility index (Phi) is 8.17. The summed E-state index contributed by atoms with van der Waals surface area (Å²) in [4.78, 5) is 2.52. The smallest absolute Gasteiger partial charge is 0.119 e. The monoisotopic (exact) mass is 425 g/mol. The SMILES string of the molecule is CCC(=C(Cc1ccccc1)c1ccc(OCCN2CCCCC2)cc1)c1ccccc1. The molecule has 166 valence electrons. The Morgan fingerprint density at radius 2 is 1.34 bits per heavy atom. The van der Waals surface area contributed by atoms with E-state index < -0.39 is 0 Å². The van der Waals surface area contributed by atoms with Gasteiger partial charge < -0.3 is 4.74 Å². The van der Waals surface area contributed by atoms with Crippen LogP contribution in [-0.4, -0.2) is 31.1 Å². The van der Waals surface area contributed by atoms with Gasteiger partial charge in [-0.05, 0) is 78.7 Å². The molecule has 0 spiro atoms. The van der Waals surface area contributed by atoms with Gasteiger partial charge in [-0.3, -0.25) is 4.90 Å². The van der Waals surface area contributed by atoms with Crippen LogP contribution in [0.4, 0.5) is 0 Å². The van der Waals surface area contributed by atoms with Crippen LogP contribution in [0.2, 0.25) is 0 Å². The highest BCUT2D eigenvalue weighted by Crippen LogP contribution is 2.32. The summed E-state index contributed by atoms with van der Waals surface area (Å²) in [5.74, 6) is 0.961. The van der Waals surface area contributed by atoms with Crippen LogP contribution in [0.5, 0.6) is 5.75 Å². The Hall–Kier alpha value is -2.84. The molecule has 0 unspecified atom stereocenters. The molecule has 0 amide bonds. The normalized spacial score (nSPS) is 15.3. The fourth-order valence-electron chi connectivity index (χ4n) is 4.64. The number of hydrogen-bond acceptors (Lipinski definition) is 2. The lowest BCUT2D eigenvalue weighted by molar-refractivity contribution is 0.183. The van der Waals surface area contributed by atoms with Crippen LogP contribution in [0.1, 0.15) is 49.3 Å². The minimum atomic E-state index is 0.760. The van der Waals surface area contributed by atoms with Crippen molar-refractivity contribution in [3.8, 4) is 5.75 Å². The molecule has 3 aromatic carbocycles. The maximum absolute atomic E-state index is 6.08. The van der Waals surface area contributed by atoms with E-state index in [4.69, 9.17) is 4.74 Å². The van der Waals surface area contributed by atoms with E-state index in [9.17, 15) is 0 Å². The molecule has 1 aliphatic heterocycles. The first kappa shape index (κ1) is 22.4. The van der Waals surface area contributed by atoms with Crippen molar-refractivity contribution in [1.29, 1.82) is 0 Å². The predicted octanol–water partition coefficient (Wildman–Crippen LogP) is 7.11. The molecule has 4 rings (SSSR count). The number of hydrogen-bond donors (Lipinski definition) is 0. The van der Waals surface area contributed by atoms with E-state index in [1.165, 1.54) is 60.2 Å². The molecule has 2 heteroatoms. The summed E-state index contributed by atoms with van der Waals surface area (Å²) in [6.07, 6.45) is 5.95. The van der Waals surface area contributed by atoms with Gasteiger partial charge in [-0.15, -0.1) is 0 Å². The molecule has 0 bridgehead atoms. The molecule has 1 heterocycles. The zero-order valence-corrected chi connectivity index (χ0v) is 19.3. The number of piperidine rings is 1. The lowest BCUT2D eigenvalue weighted by Gasteiger charge is -2.26. The van der Waals surface area contributed by atoms with Gasteiger partial charge in [0.1, 0.15) is 12.4 Å². The Morgan fingerprint density at radius 1 is 0.719 bits per heavy atom. The summed E-state index contributed by atoms with van der Waals surface area (Å²) in [5, 5.41) is 0. The predicted molar refractivity (Wildman–Crippen MR) is 136 cm³/mol. The highest BCUT2D eigenvalue weighted by atomic mass is 16.5. The fourth-order valence-corrected chi connectivity index (χ4v) is 4.64.